The quantitative estimate of drug-likeness (QED) is 0.559. The predicted molar refractivity (Wildman–Crippen MR) is 79.5 cm³/mol. The molecule has 0 amide bonds. The molecule has 0 aliphatic carbocycles. The van der Waals surface area contributed by atoms with Crippen LogP contribution in [-0.4, -0.2) is 63.1 Å². The Morgan fingerprint density at radius 2 is 2.11 bits per heavy atom. The maximum atomic E-state index is 8.74. The number of likely N-dealkylation sites (tertiary alicyclic amines) is 1. The lowest BCUT2D eigenvalue weighted by Gasteiger charge is -2.32. The third-order valence-corrected chi connectivity index (χ3v) is 3.90. The summed E-state index contributed by atoms with van der Waals surface area (Å²) in [5.74, 6) is 0.808. The minimum Gasteiger partial charge on any atom is -0.396 e. The maximum Gasteiger partial charge on any atom is 0.0587 e. The molecule has 4 nitrogen and oxygen atoms in total. The number of piperidine rings is 1. The van der Waals surface area contributed by atoms with E-state index < -0.39 is 0 Å². The molecule has 114 valence electrons. The van der Waals surface area contributed by atoms with Crippen LogP contribution in [0.1, 0.15) is 38.5 Å². The van der Waals surface area contributed by atoms with Gasteiger partial charge in [-0.3, -0.25) is 0 Å². The second-order valence-electron chi connectivity index (χ2n) is 5.64. The first-order chi connectivity index (χ1) is 9.36. The van der Waals surface area contributed by atoms with Gasteiger partial charge in [0, 0.05) is 26.8 Å². The molecule has 0 saturated carbocycles. The molecule has 0 aromatic heterocycles. The van der Waals surface area contributed by atoms with Crippen molar-refractivity contribution < 1.29 is 9.84 Å². The molecular formula is C15H32N2O2. The second-order valence-corrected chi connectivity index (χ2v) is 5.64. The van der Waals surface area contributed by atoms with Gasteiger partial charge in [0.1, 0.15) is 0 Å². The molecule has 1 saturated heterocycles. The van der Waals surface area contributed by atoms with Gasteiger partial charge in [0.2, 0.25) is 0 Å². The number of nitrogens with zero attached hydrogens (tertiary/aromatic N) is 1. The minimum atomic E-state index is 0.346. The summed E-state index contributed by atoms with van der Waals surface area (Å²) in [7, 11) is 1.75. The van der Waals surface area contributed by atoms with Crippen LogP contribution >= 0.6 is 0 Å². The Hall–Kier alpha value is -0.160. The number of hydrogen-bond donors (Lipinski definition) is 2. The van der Waals surface area contributed by atoms with Gasteiger partial charge >= 0.3 is 0 Å². The number of unbranched alkanes of at least 4 members (excludes halogenated alkanes) is 3. The summed E-state index contributed by atoms with van der Waals surface area (Å²) in [5.41, 5.74) is 0. The summed E-state index contributed by atoms with van der Waals surface area (Å²) in [4.78, 5) is 2.62. The number of rotatable bonds is 11. The molecule has 1 unspecified atom stereocenters. The largest absolute Gasteiger partial charge is 0.396 e. The van der Waals surface area contributed by atoms with E-state index in [1.807, 2.05) is 0 Å². The molecule has 1 atom stereocenters. The molecule has 2 N–H and O–H groups in total. The van der Waals surface area contributed by atoms with Gasteiger partial charge in [0.25, 0.3) is 0 Å². The number of methoxy groups -OCH3 is 1. The SMILES string of the molecule is COCCNCC1CCCN(CCCCCCO)C1. The van der Waals surface area contributed by atoms with E-state index in [1.165, 1.54) is 51.7 Å². The van der Waals surface area contributed by atoms with Gasteiger partial charge in [-0.05, 0) is 51.2 Å². The zero-order chi connectivity index (χ0) is 13.8. The summed E-state index contributed by atoms with van der Waals surface area (Å²) in [6.45, 7) is 7.01. The number of aliphatic hydroxyl groups excluding tert-OH is 1. The topological polar surface area (TPSA) is 44.7 Å². The standard InChI is InChI=1S/C15H32N2O2/c1-19-12-8-16-13-15-7-6-10-17(14-15)9-4-2-3-5-11-18/h15-16,18H,2-14H2,1H3. The third-order valence-electron chi connectivity index (χ3n) is 3.90. The summed E-state index contributed by atoms with van der Waals surface area (Å²) in [5, 5.41) is 12.2. The van der Waals surface area contributed by atoms with E-state index in [1.54, 1.807) is 7.11 Å². The van der Waals surface area contributed by atoms with Crippen LogP contribution in [0.3, 0.4) is 0 Å². The van der Waals surface area contributed by atoms with Crippen molar-refractivity contribution in [2.45, 2.75) is 38.5 Å². The van der Waals surface area contributed by atoms with Crippen LogP contribution in [0.5, 0.6) is 0 Å². The summed E-state index contributed by atoms with van der Waals surface area (Å²) < 4.78 is 5.05. The molecule has 0 aromatic carbocycles. The summed E-state index contributed by atoms with van der Waals surface area (Å²) in [6.07, 6.45) is 7.38. The van der Waals surface area contributed by atoms with Crippen LogP contribution in [0.2, 0.25) is 0 Å². The Morgan fingerprint density at radius 1 is 1.26 bits per heavy atom. The Labute approximate surface area is 118 Å². The molecule has 1 fully saturated rings. The van der Waals surface area contributed by atoms with Crippen molar-refractivity contribution in [1.29, 1.82) is 0 Å². The van der Waals surface area contributed by atoms with Crippen molar-refractivity contribution in [3.8, 4) is 0 Å². The van der Waals surface area contributed by atoms with Crippen LogP contribution in [0.4, 0.5) is 0 Å². The van der Waals surface area contributed by atoms with Gasteiger partial charge in [-0.2, -0.15) is 0 Å². The van der Waals surface area contributed by atoms with Gasteiger partial charge in [0.05, 0.1) is 6.61 Å². The van der Waals surface area contributed by atoms with Crippen LogP contribution in [-0.2, 0) is 4.74 Å². The number of ether oxygens (including phenoxy) is 1. The van der Waals surface area contributed by atoms with E-state index in [2.05, 4.69) is 10.2 Å². The highest BCUT2D eigenvalue weighted by Gasteiger charge is 2.18. The average molecular weight is 272 g/mol. The molecule has 4 heteroatoms. The Balaban J connectivity index is 2.02. The van der Waals surface area contributed by atoms with E-state index in [0.717, 1.165) is 32.0 Å². The number of aliphatic hydroxyl groups is 1. The highest BCUT2D eigenvalue weighted by Crippen LogP contribution is 2.16. The van der Waals surface area contributed by atoms with Crippen LogP contribution < -0.4 is 5.32 Å². The van der Waals surface area contributed by atoms with Crippen molar-refractivity contribution in [2.75, 3.05) is 53.0 Å². The fourth-order valence-electron chi connectivity index (χ4n) is 2.80. The van der Waals surface area contributed by atoms with Crippen LogP contribution in [0.15, 0.2) is 0 Å². The Bertz CT molecular complexity index is 203. The highest BCUT2D eigenvalue weighted by molar-refractivity contribution is 4.74. The fraction of sp³-hybridized carbons (Fsp3) is 1.00. The second kappa shape index (κ2) is 11.6. The minimum absolute atomic E-state index is 0.346. The smallest absolute Gasteiger partial charge is 0.0587 e. The molecule has 0 spiro atoms. The normalized spacial score (nSPS) is 20.8. The zero-order valence-electron chi connectivity index (χ0n) is 12.6. The van der Waals surface area contributed by atoms with Crippen LogP contribution in [0.25, 0.3) is 0 Å². The van der Waals surface area contributed by atoms with Gasteiger partial charge in [-0.25, -0.2) is 0 Å². The van der Waals surface area contributed by atoms with Gasteiger partial charge < -0.3 is 20.1 Å². The predicted octanol–water partition coefficient (Wildman–Crippen LogP) is 1.49. The first-order valence-corrected chi connectivity index (χ1v) is 7.89. The number of nitrogens with one attached hydrogen (secondary N) is 1. The van der Waals surface area contributed by atoms with E-state index in [9.17, 15) is 0 Å². The third kappa shape index (κ3) is 8.58. The van der Waals surface area contributed by atoms with E-state index in [4.69, 9.17) is 9.84 Å². The Kier molecular flexibility index (Phi) is 10.4. The lowest BCUT2D eigenvalue weighted by molar-refractivity contribution is 0.162. The number of hydrogen-bond acceptors (Lipinski definition) is 4. The fourth-order valence-corrected chi connectivity index (χ4v) is 2.80. The van der Waals surface area contributed by atoms with Crippen LogP contribution in [0, 0.1) is 5.92 Å². The molecule has 1 heterocycles. The molecule has 0 radical (unpaired) electrons. The average Bonchev–Trinajstić information content (AvgIpc) is 2.44. The molecule has 1 aliphatic rings. The molecule has 0 aromatic rings. The molecule has 0 bridgehead atoms. The molecular weight excluding hydrogens is 240 g/mol. The first-order valence-electron chi connectivity index (χ1n) is 7.89. The first kappa shape index (κ1) is 16.9. The summed E-state index contributed by atoms with van der Waals surface area (Å²) in [6, 6.07) is 0. The van der Waals surface area contributed by atoms with Crippen molar-refractivity contribution >= 4 is 0 Å². The van der Waals surface area contributed by atoms with E-state index in [0.29, 0.717) is 6.61 Å². The lowest BCUT2D eigenvalue weighted by Crippen LogP contribution is -2.40. The Morgan fingerprint density at radius 3 is 2.89 bits per heavy atom. The van der Waals surface area contributed by atoms with Gasteiger partial charge in [-0.15, -0.1) is 0 Å². The van der Waals surface area contributed by atoms with E-state index >= 15 is 0 Å². The van der Waals surface area contributed by atoms with Crippen molar-refractivity contribution in [3.05, 3.63) is 0 Å². The zero-order valence-corrected chi connectivity index (χ0v) is 12.6. The van der Waals surface area contributed by atoms with Gasteiger partial charge in [-0.1, -0.05) is 12.8 Å². The monoisotopic (exact) mass is 272 g/mol. The highest BCUT2D eigenvalue weighted by atomic mass is 16.5. The van der Waals surface area contributed by atoms with E-state index in [-0.39, 0.29) is 0 Å². The van der Waals surface area contributed by atoms with Crippen molar-refractivity contribution in [3.63, 3.8) is 0 Å². The van der Waals surface area contributed by atoms with Gasteiger partial charge in [0.15, 0.2) is 0 Å². The molecule has 19 heavy (non-hydrogen) atoms. The molecule has 1 aliphatic heterocycles. The van der Waals surface area contributed by atoms with Crippen molar-refractivity contribution in [1.82, 2.24) is 10.2 Å². The summed E-state index contributed by atoms with van der Waals surface area (Å²) >= 11 is 0. The molecule has 1 rings (SSSR count). The maximum absolute atomic E-state index is 8.74. The van der Waals surface area contributed by atoms with Crippen molar-refractivity contribution in [2.24, 2.45) is 5.92 Å². The lowest BCUT2D eigenvalue weighted by atomic mass is 9.97.